The van der Waals surface area contributed by atoms with Gasteiger partial charge < -0.3 is 9.84 Å². The molecule has 1 unspecified atom stereocenters. The molecular formula is C12H22N2O2. The Labute approximate surface area is 97.2 Å². The molecule has 0 saturated heterocycles. The van der Waals surface area contributed by atoms with Crippen molar-refractivity contribution in [3.63, 3.8) is 0 Å². The largest absolute Gasteiger partial charge is 0.487 e. The Morgan fingerprint density at radius 1 is 1.56 bits per heavy atom. The minimum absolute atomic E-state index is 0.165. The Balaban J connectivity index is 2.48. The van der Waals surface area contributed by atoms with Crippen molar-refractivity contribution >= 4 is 0 Å². The van der Waals surface area contributed by atoms with Crippen molar-refractivity contribution in [3.8, 4) is 5.75 Å². The van der Waals surface area contributed by atoms with Crippen LogP contribution in [0.3, 0.4) is 0 Å². The zero-order chi connectivity index (χ0) is 12.2. The molecule has 0 aliphatic heterocycles. The number of ether oxygens (including phenoxy) is 1. The van der Waals surface area contributed by atoms with Gasteiger partial charge in [-0.1, -0.05) is 20.8 Å². The summed E-state index contributed by atoms with van der Waals surface area (Å²) in [6, 6.07) is 0. The summed E-state index contributed by atoms with van der Waals surface area (Å²) in [5.74, 6) is 0.882. The molecule has 0 fully saturated rings. The first-order valence-corrected chi connectivity index (χ1v) is 5.83. The van der Waals surface area contributed by atoms with Crippen LogP contribution >= 0.6 is 0 Å². The SMILES string of the molecule is CCCn1cc(OCC(C)(O)C(C)C)cn1. The fourth-order valence-electron chi connectivity index (χ4n) is 1.17. The van der Waals surface area contributed by atoms with Crippen LogP contribution < -0.4 is 4.74 Å². The zero-order valence-electron chi connectivity index (χ0n) is 10.6. The van der Waals surface area contributed by atoms with E-state index in [1.807, 2.05) is 24.7 Å². The van der Waals surface area contributed by atoms with Crippen LogP contribution in [0.5, 0.6) is 5.75 Å². The van der Waals surface area contributed by atoms with E-state index < -0.39 is 5.60 Å². The van der Waals surface area contributed by atoms with E-state index in [2.05, 4.69) is 12.0 Å². The van der Waals surface area contributed by atoms with Gasteiger partial charge >= 0.3 is 0 Å². The summed E-state index contributed by atoms with van der Waals surface area (Å²) >= 11 is 0. The normalized spacial score (nSPS) is 15.1. The fourth-order valence-corrected chi connectivity index (χ4v) is 1.17. The lowest BCUT2D eigenvalue weighted by atomic mass is 9.94. The van der Waals surface area contributed by atoms with Crippen LogP contribution in [0.25, 0.3) is 0 Å². The standard InChI is InChI=1S/C12H22N2O2/c1-5-6-14-8-11(7-13-14)16-9-12(4,15)10(2)3/h7-8,10,15H,5-6,9H2,1-4H3. The van der Waals surface area contributed by atoms with Gasteiger partial charge in [0.2, 0.25) is 0 Å². The van der Waals surface area contributed by atoms with E-state index >= 15 is 0 Å². The maximum absolute atomic E-state index is 10.0. The maximum atomic E-state index is 10.0. The van der Waals surface area contributed by atoms with Gasteiger partial charge in [0, 0.05) is 6.54 Å². The second kappa shape index (κ2) is 5.34. The highest BCUT2D eigenvalue weighted by Crippen LogP contribution is 2.18. The first-order chi connectivity index (χ1) is 7.45. The lowest BCUT2D eigenvalue weighted by molar-refractivity contribution is -0.0266. The van der Waals surface area contributed by atoms with E-state index in [4.69, 9.17) is 4.74 Å². The van der Waals surface area contributed by atoms with E-state index in [1.165, 1.54) is 0 Å². The minimum Gasteiger partial charge on any atom is -0.487 e. The van der Waals surface area contributed by atoms with Crippen molar-refractivity contribution in [2.75, 3.05) is 6.61 Å². The van der Waals surface area contributed by atoms with E-state index in [0.717, 1.165) is 18.7 Å². The molecule has 1 N–H and O–H groups in total. The van der Waals surface area contributed by atoms with Crippen LogP contribution in [-0.4, -0.2) is 27.1 Å². The molecule has 1 atom stereocenters. The molecule has 0 bridgehead atoms. The van der Waals surface area contributed by atoms with Crippen LogP contribution in [0.4, 0.5) is 0 Å². The summed E-state index contributed by atoms with van der Waals surface area (Å²) in [5, 5.41) is 14.2. The van der Waals surface area contributed by atoms with Gasteiger partial charge in [-0.2, -0.15) is 5.10 Å². The molecule has 0 radical (unpaired) electrons. The van der Waals surface area contributed by atoms with Crippen molar-refractivity contribution in [3.05, 3.63) is 12.4 Å². The third-order valence-corrected chi connectivity index (χ3v) is 2.84. The van der Waals surface area contributed by atoms with Crippen molar-refractivity contribution in [1.82, 2.24) is 9.78 Å². The van der Waals surface area contributed by atoms with E-state index in [9.17, 15) is 5.11 Å². The van der Waals surface area contributed by atoms with E-state index in [0.29, 0.717) is 6.61 Å². The van der Waals surface area contributed by atoms with Crippen LogP contribution in [0.15, 0.2) is 12.4 Å². The minimum atomic E-state index is -0.799. The summed E-state index contributed by atoms with van der Waals surface area (Å²) < 4.78 is 7.37. The number of nitrogens with zero attached hydrogens (tertiary/aromatic N) is 2. The van der Waals surface area contributed by atoms with E-state index in [1.54, 1.807) is 13.1 Å². The fraction of sp³-hybridized carbons (Fsp3) is 0.750. The molecule has 0 spiro atoms. The smallest absolute Gasteiger partial charge is 0.157 e. The van der Waals surface area contributed by atoms with Gasteiger partial charge in [-0.25, -0.2) is 0 Å². The van der Waals surface area contributed by atoms with Crippen molar-refractivity contribution in [1.29, 1.82) is 0 Å². The molecule has 0 aliphatic rings. The molecule has 4 heteroatoms. The molecule has 0 saturated carbocycles. The lowest BCUT2D eigenvalue weighted by Crippen LogP contribution is -2.37. The Hall–Kier alpha value is -1.03. The summed E-state index contributed by atoms with van der Waals surface area (Å²) in [5.41, 5.74) is -0.799. The molecule has 1 rings (SSSR count). The Morgan fingerprint density at radius 2 is 2.25 bits per heavy atom. The van der Waals surface area contributed by atoms with Gasteiger partial charge in [-0.15, -0.1) is 0 Å². The highest BCUT2D eigenvalue weighted by atomic mass is 16.5. The molecular weight excluding hydrogens is 204 g/mol. The number of aryl methyl sites for hydroxylation is 1. The lowest BCUT2D eigenvalue weighted by Gasteiger charge is -2.26. The highest BCUT2D eigenvalue weighted by Gasteiger charge is 2.25. The summed E-state index contributed by atoms with van der Waals surface area (Å²) in [7, 11) is 0. The van der Waals surface area contributed by atoms with Gasteiger partial charge in [-0.05, 0) is 19.3 Å². The third kappa shape index (κ3) is 3.52. The predicted molar refractivity (Wildman–Crippen MR) is 63.5 cm³/mol. The monoisotopic (exact) mass is 226 g/mol. The van der Waals surface area contributed by atoms with Crippen LogP contribution in [0.1, 0.15) is 34.1 Å². The topological polar surface area (TPSA) is 47.3 Å². The van der Waals surface area contributed by atoms with Crippen LogP contribution in [0.2, 0.25) is 0 Å². The molecule has 4 nitrogen and oxygen atoms in total. The van der Waals surface area contributed by atoms with Crippen molar-refractivity contribution < 1.29 is 9.84 Å². The van der Waals surface area contributed by atoms with Gasteiger partial charge in [0.1, 0.15) is 6.61 Å². The Bertz CT molecular complexity index is 319. The number of rotatable bonds is 6. The van der Waals surface area contributed by atoms with Crippen molar-refractivity contribution in [2.24, 2.45) is 5.92 Å². The van der Waals surface area contributed by atoms with Gasteiger partial charge in [0.15, 0.2) is 5.75 Å². The maximum Gasteiger partial charge on any atom is 0.157 e. The quantitative estimate of drug-likeness (QED) is 0.808. The number of hydrogen-bond donors (Lipinski definition) is 1. The number of aromatic nitrogens is 2. The van der Waals surface area contributed by atoms with Gasteiger partial charge in [-0.3, -0.25) is 4.68 Å². The molecule has 0 aromatic carbocycles. The molecule has 16 heavy (non-hydrogen) atoms. The average molecular weight is 226 g/mol. The molecule has 0 amide bonds. The van der Waals surface area contributed by atoms with Gasteiger partial charge in [0.05, 0.1) is 18.0 Å². The second-order valence-corrected chi connectivity index (χ2v) is 4.74. The van der Waals surface area contributed by atoms with E-state index in [-0.39, 0.29) is 5.92 Å². The van der Waals surface area contributed by atoms with Crippen LogP contribution in [-0.2, 0) is 6.54 Å². The predicted octanol–water partition coefficient (Wildman–Crippen LogP) is 2.08. The highest BCUT2D eigenvalue weighted by molar-refractivity contribution is 5.11. The number of hydrogen-bond acceptors (Lipinski definition) is 3. The van der Waals surface area contributed by atoms with Gasteiger partial charge in [0.25, 0.3) is 0 Å². The first kappa shape index (κ1) is 13.0. The molecule has 92 valence electrons. The molecule has 1 aromatic rings. The number of aliphatic hydroxyl groups is 1. The second-order valence-electron chi connectivity index (χ2n) is 4.74. The molecule has 0 aliphatic carbocycles. The first-order valence-electron chi connectivity index (χ1n) is 5.83. The summed E-state index contributed by atoms with van der Waals surface area (Å²) in [6.07, 6.45) is 4.59. The van der Waals surface area contributed by atoms with Crippen LogP contribution in [0, 0.1) is 5.92 Å². The Morgan fingerprint density at radius 3 is 2.81 bits per heavy atom. The summed E-state index contributed by atoms with van der Waals surface area (Å²) in [4.78, 5) is 0. The molecule has 1 aromatic heterocycles. The third-order valence-electron chi connectivity index (χ3n) is 2.84. The van der Waals surface area contributed by atoms with Crippen molar-refractivity contribution in [2.45, 2.75) is 46.3 Å². The Kier molecular flexibility index (Phi) is 4.35. The average Bonchev–Trinajstić information content (AvgIpc) is 2.63. The summed E-state index contributed by atoms with van der Waals surface area (Å²) in [6.45, 7) is 9.03. The zero-order valence-corrected chi connectivity index (χ0v) is 10.6. The molecule has 1 heterocycles.